The van der Waals surface area contributed by atoms with Crippen LogP contribution in [-0.2, 0) is 20.7 Å². The van der Waals surface area contributed by atoms with Crippen molar-refractivity contribution in [3.63, 3.8) is 0 Å². The van der Waals surface area contributed by atoms with Crippen LogP contribution in [0.5, 0.6) is 0 Å². The van der Waals surface area contributed by atoms with Crippen LogP contribution in [0.2, 0.25) is 5.15 Å². The zero-order valence-electron chi connectivity index (χ0n) is 27.6. The molecule has 0 aliphatic carbocycles. The number of halogens is 1. The summed E-state index contributed by atoms with van der Waals surface area (Å²) in [4.78, 5) is 59.4. The highest BCUT2D eigenvalue weighted by Gasteiger charge is 2.24. The maximum Gasteiger partial charge on any atom is 0.407 e. The van der Waals surface area contributed by atoms with Crippen LogP contribution >= 0.6 is 11.6 Å². The van der Waals surface area contributed by atoms with E-state index in [1.807, 2.05) is 36.1 Å². The van der Waals surface area contributed by atoms with Gasteiger partial charge in [0.15, 0.2) is 22.5 Å². The van der Waals surface area contributed by atoms with E-state index in [4.69, 9.17) is 32.5 Å². The first-order valence-electron chi connectivity index (χ1n) is 15.8. The van der Waals surface area contributed by atoms with E-state index in [9.17, 15) is 19.2 Å². The topological polar surface area (TPSA) is 204 Å². The molecule has 1 atom stereocenters. The Morgan fingerprint density at radius 3 is 2.36 bits per heavy atom. The minimum Gasteiger partial charge on any atom is -0.449 e. The summed E-state index contributed by atoms with van der Waals surface area (Å²) in [6, 6.07) is 7.89. The fourth-order valence-electron chi connectivity index (χ4n) is 5.02. The highest BCUT2D eigenvalue weighted by molar-refractivity contribution is 6.31. The second kappa shape index (κ2) is 17.5. The van der Waals surface area contributed by atoms with Gasteiger partial charge in [-0.25, -0.2) is 19.6 Å². The highest BCUT2D eigenvalue weighted by atomic mass is 35.5. The van der Waals surface area contributed by atoms with Crippen LogP contribution in [0.25, 0.3) is 0 Å². The molecule has 1 saturated heterocycles. The lowest BCUT2D eigenvalue weighted by Crippen LogP contribution is -2.41. The average molecular weight is 675 g/mol. The van der Waals surface area contributed by atoms with Crippen molar-refractivity contribution in [2.75, 3.05) is 50.8 Å². The van der Waals surface area contributed by atoms with Crippen molar-refractivity contribution in [2.24, 2.45) is 11.8 Å². The molecule has 0 saturated carbocycles. The second-order valence-corrected chi connectivity index (χ2v) is 13.0. The lowest BCUT2D eigenvalue weighted by atomic mass is 9.96. The van der Waals surface area contributed by atoms with E-state index < -0.39 is 23.7 Å². The molecule has 2 heterocycles. The number of amides is 4. The monoisotopic (exact) mass is 674 g/mol. The number of aryl methyl sites for hydroxylation is 1. The summed E-state index contributed by atoms with van der Waals surface area (Å²) in [5.41, 5.74) is 12.9. The predicted molar refractivity (Wildman–Crippen MR) is 179 cm³/mol. The number of hydrogen-bond donors (Lipinski definition) is 5. The Morgan fingerprint density at radius 1 is 1.00 bits per heavy atom. The Bertz CT molecular complexity index is 1390. The van der Waals surface area contributed by atoms with Crippen molar-refractivity contribution in [3.05, 3.63) is 46.2 Å². The molecule has 1 aromatic carbocycles. The number of rotatable bonds is 13. The number of nitrogen functional groups attached to an aromatic ring is 2. The molecule has 1 aliphatic heterocycles. The summed E-state index contributed by atoms with van der Waals surface area (Å²) in [6.07, 6.45) is 1.83. The molecule has 1 unspecified atom stereocenters. The van der Waals surface area contributed by atoms with E-state index in [0.29, 0.717) is 38.9 Å². The second-order valence-electron chi connectivity index (χ2n) is 12.7. The Morgan fingerprint density at radius 2 is 1.68 bits per heavy atom. The number of likely N-dealkylation sites (tertiary alicyclic amines) is 1. The molecule has 14 nitrogen and oxygen atoms in total. The normalized spacial score (nSPS) is 14.2. The predicted octanol–water partition coefficient (Wildman–Crippen LogP) is 3.46. The largest absolute Gasteiger partial charge is 0.449 e. The molecule has 47 heavy (non-hydrogen) atoms. The van der Waals surface area contributed by atoms with E-state index in [0.717, 1.165) is 24.0 Å². The number of nitrogens with two attached hydrogens (primary N) is 2. The first-order valence-corrected chi connectivity index (χ1v) is 16.2. The number of carbonyl (C=O) groups is 4. The molecule has 1 fully saturated rings. The van der Waals surface area contributed by atoms with Crippen LogP contribution in [0.15, 0.2) is 24.3 Å². The number of piperidine rings is 1. The molecule has 4 amide bonds. The third-order valence-corrected chi connectivity index (χ3v) is 7.91. The van der Waals surface area contributed by atoms with Gasteiger partial charge in [0.1, 0.15) is 5.60 Å². The molecule has 258 valence electrons. The van der Waals surface area contributed by atoms with Gasteiger partial charge in [0.25, 0.3) is 5.91 Å². The number of aromatic nitrogens is 2. The number of benzene rings is 1. The number of hydrogen-bond acceptors (Lipinski definition) is 10. The molecule has 0 radical (unpaired) electrons. The molecular formula is C32H47ClN8O6. The SMILES string of the molecule is Cc1ccccc1CC(CNC(=O)OCC1CCN(C(=O)CCCNC(=O)OC(C)(C)C)CC1)CNC(=O)c1nc(Cl)c(N)nc1N. The third kappa shape index (κ3) is 12.8. The van der Waals surface area contributed by atoms with Crippen molar-refractivity contribution in [1.29, 1.82) is 0 Å². The highest BCUT2D eigenvalue weighted by Crippen LogP contribution is 2.20. The van der Waals surface area contributed by atoms with E-state index in [1.165, 1.54) is 0 Å². The number of ether oxygens (including phenoxy) is 2. The number of anilines is 2. The van der Waals surface area contributed by atoms with E-state index in [-0.39, 0.29) is 59.9 Å². The molecule has 0 bridgehead atoms. The lowest BCUT2D eigenvalue weighted by molar-refractivity contribution is -0.132. The van der Waals surface area contributed by atoms with Crippen LogP contribution in [-0.4, -0.2) is 83.8 Å². The molecule has 2 aromatic rings. The van der Waals surface area contributed by atoms with Gasteiger partial charge < -0.3 is 41.8 Å². The van der Waals surface area contributed by atoms with Gasteiger partial charge in [-0.2, -0.15) is 0 Å². The Balaban J connectivity index is 1.41. The van der Waals surface area contributed by atoms with Crippen molar-refractivity contribution in [2.45, 2.75) is 65.4 Å². The summed E-state index contributed by atoms with van der Waals surface area (Å²) in [5, 5.41) is 8.18. The lowest BCUT2D eigenvalue weighted by Gasteiger charge is -2.32. The first kappa shape index (κ1) is 37.1. The van der Waals surface area contributed by atoms with Crippen LogP contribution in [0, 0.1) is 18.8 Å². The molecule has 1 aliphatic rings. The van der Waals surface area contributed by atoms with E-state index in [2.05, 4.69) is 25.9 Å². The Hall–Kier alpha value is -4.33. The fraction of sp³-hybridized carbons (Fsp3) is 0.562. The zero-order valence-corrected chi connectivity index (χ0v) is 28.3. The molecule has 1 aromatic heterocycles. The van der Waals surface area contributed by atoms with Crippen LogP contribution < -0.4 is 27.4 Å². The Labute approximate surface area is 280 Å². The van der Waals surface area contributed by atoms with Gasteiger partial charge in [0.2, 0.25) is 5.91 Å². The summed E-state index contributed by atoms with van der Waals surface area (Å²) < 4.78 is 10.7. The Kier molecular flexibility index (Phi) is 13.9. The minimum atomic E-state index is -0.570. The number of nitrogens with one attached hydrogen (secondary N) is 3. The van der Waals surface area contributed by atoms with Crippen molar-refractivity contribution in [3.8, 4) is 0 Å². The van der Waals surface area contributed by atoms with Crippen molar-refractivity contribution in [1.82, 2.24) is 30.8 Å². The first-order chi connectivity index (χ1) is 22.2. The molecular weight excluding hydrogens is 628 g/mol. The van der Waals surface area contributed by atoms with Gasteiger partial charge in [-0.05, 0) is 76.3 Å². The maximum absolute atomic E-state index is 12.8. The van der Waals surface area contributed by atoms with Crippen molar-refractivity contribution >= 4 is 47.2 Å². The number of alkyl carbamates (subject to hydrolysis) is 2. The summed E-state index contributed by atoms with van der Waals surface area (Å²) in [5.74, 6) is -0.768. The molecule has 15 heteroatoms. The summed E-state index contributed by atoms with van der Waals surface area (Å²) >= 11 is 5.93. The van der Waals surface area contributed by atoms with Crippen LogP contribution in [0.1, 0.15) is 68.1 Å². The minimum absolute atomic E-state index is 0.0362. The zero-order chi connectivity index (χ0) is 34.6. The summed E-state index contributed by atoms with van der Waals surface area (Å²) in [7, 11) is 0. The van der Waals surface area contributed by atoms with Gasteiger partial charge in [0, 0.05) is 39.1 Å². The van der Waals surface area contributed by atoms with Crippen molar-refractivity contribution < 1.29 is 28.7 Å². The van der Waals surface area contributed by atoms with E-state index in [1.54, 1.807) is 20.8 Å². The molecule has 7 N–H and O–H groups in total. The number of carbonyl (C=O) groups excluding carboxylic acids is 4. The quantitative estimate of drug-likeness (QED) is 0.196. The summed E-state index contributed by atoms with van der Waals surface area (Å²) in [6.45, 7) is 9.60. The van der Waals surface area contributed by atoms with Gasteiger partial charge in [-0.1, -0.05) is 35.9 Å². The standard InChI is InChI=1S/C32H47ClN8O6/c1-20-8-5-6-9-23(20)16-22(17-37-29(43)25-27(34)40-28(35)26(33)39-25)18-38-30(44)46-19-21-11-14-41(15-12-21)24(42)10-7-13-36-31(45)47-32(2,3)4/h5-6,8-9,21-22H,7,10-19H2,1-4H3,(H,36,45)(H,37,43)(H,38,44)(H4,34,35,40). The van der Waals surface area contributed by atoms with Gasteiger partial charge in [0.05, 0.1) is 6.61 Å². The maximum atomic E-state index is 12.8. The van der Waals surface area contributed by atoms with Crippen LogP contribution in [0.3, 0.4) is 0 Å². The van der Waals surface area contributed by atoms with Crippen LogP contribution in [0.4, 0.5) is 21.2 Å². The molecule has 3 rings (SSSR count). The van der Waals surface area contributed by atoms with Gasteiger partial charge in [-0.3, -0.25) is 9.59 Å². The smallest absolute Gasteiger partial charge is 0.407 e. The number of nitrogens with zero attached hydrogens (tertiary/aromatic N) is 3. The van der Waals surface area contributed by atoms with Gasteiger partial charge >= 0.3 is 12.2 Å². The van der Waals surface area contributed by atoms with E-state index >= 15 is 0 Å². The van der Waals surface area contributed by atoms with Gasteiger partial charge in [-0.15, -0.1) is 0 Å². The average Bonchev–Trinajstić information content (AvgIpc) is 3.01. The fourth-order valence-corrected chi connectivity index (χ4v) is 5.15. The molecule has 0 spiro atoms. The third-order valence-electron chi connectivity index (χ3n) is 7.63.